The van der Waals surface area contributed by atoms with Gasteiger partial charge in [0, 0.05) is 13.1 Å². The van der Waals surface area contributed by atoms with Crippen LogP contribution in [0.15, 0.2) is 60.7 Å². The second-order valence-electron chi connectivity index (χ2n) is 10.1. The normalized spacial score (nSPS) is 17.9. The molecule has 9 nitrogen and oxygen atoms in total. The summed E-state index contributed by atoms with van der Waals surface area (Å²) in [5.41, 5.74) is 6.90. The topological polar surface area (TPSA) is 129 Å². The van der Waals surface area contributed by atoms with Crippen molar-refractivity contribution in [3.8, 4) is 0 Å². The average Bonchev–Trinajstić information content (AvgIpc) is 3.17. The van der Waals surface area contributed by atoms with E-state index in [0.29, 0.717) is 38.1 Å². The first-order valence-electron chi connectivity index (χ1n) is 13.1. The molecule has 1 heterocycles. The highest BCUT2D eigenvalue weighted by Gasteiger charge is 2.50. The van der Waals surface area contributed by atoms with Gasteiger partial charge in [0.2, 0.25) is 5.91 Å². The van der Waals surface area contributed by atoms with E-state index in [1.54, 1.807) is 0 Å². The van der Waals surface area contributed by atoms with Gasteiger partial charge < -0.3 is 15.8 Å². The molecule has 1 aliphatic rings. The number of rotatable bonds is 12. The predicted octanol–water partition coefficient (Wildman–Crippen LogP) is 3.63. The monoisotopic (exact) mass is 521 g/mol. The number of carbonyl (C=O) groups excluding carboxylic acids is 3. The summed E-state index contributed by atoms with van der Waals surface area (Å²) in [4.78, 5) is 41.5. The molecule has 1 saturated heterocycles. The number of nitrogens with two attached hydrogens (primary N) is 1. The maximum Gasteiger partial charge on any atom is 0.416 e. The van der Waals surface area contributed by atoms with Gasteiger partial charge in [-0.05, 0) is 49.1 Å². The van der Waals surface area contributed by atoms with Gasteiger partial charge >= 0.3 is 6.09 Å². The van der Waals surface area contributed by atoms with Crippen LogP contribution in [0.4, 0.5) is 4.79 Å². The standard InChI is InChI=1S/C29H39N5O4/c1-21(2)16-17-29(23-14-8-5-9-15-23)26(36)34(27(31)32-29)19-11-10-18-33(28(37)38-3)25(35)24(30)20-22-12-6-4-7-13-22/h4-9,12-15,21,24H,10-11,16-20,30H2,1-3H3,(H2,31,32)/t24-,29?/m0/s1. The molecule has 3 amide bonds. The van der Waals surface area contributed by atoms with E-state index in [0.717, 1.165) is 22.4 Å². The van der Waals surface area contributed by atoms with Crippen molar-refractivity contribution in [2.45, 2.75) is 57.5 Å². The Kier molecular flexibility index (Phi) is 10.0. The molecule has 0 saturated carbocycles. The minimum atomic E-state index is -0.971. The van der Waals surface area contributed by atoms with Gasteiger partial charge in [0.25, 0.3) is 5.91 Å². The molecule has 1 aliphatic heterocycles. The first kappa shape index (κ1) is 28.8. The van der Waals surface area contributed by atoms with Gasteiger partial charge in [-0.2, -0.15) is 0 Å². The molecule has 2 atom stereocenters. The zero-order valence-electron chi connectivity index (χ0n) is 22.5. The van der Waals surface area contributed by atoms with Crippen LogP contribution in [0.25, 0.3) is 0 Å². The number of ether oxygens (including phenoxy) is 1. The fourth-order valence-corrected chi connectivity index (χ4v) is 4.70. The fourth-order valence-electron chi connectivity index (χ4n) is 4.70. The van der Waals surface area contributed by atoms with Crippen molar-refractivity contribution < 1.29 is 19.1 Å². The first-order chi connectivity index (χ1) is 18.2. The predicted molar refractivity (Wildman–Crippen MR) is 146 cm³/mol. The van der Waals surface area contributed by atoms with Crippen LogP contribution < -0.4 is 11.1 Å². The van der Waals surface area contributed by atoms with Gasteiger partial charge in [-0.25, -0.2) is 9.69 Å². The van der Waals surface area contributed by atoms with Crippen LogP contribution in [-0.2, 0) is 26.3 Å². The summed E-state index contributed by atoms with van der Waals surface area (Å²) in [7, 11) is 1.22. The van der Waals surface area contributed by atoms with Crippen molar-refractivity contribution in [3.05, 3.63) is 71.8 Å². The summed E-state index contributed by atoms with van der Waals surface area (Å²) < 4.78 is 4.82. The van der Waals surface area contributed by atoms with Crippen molar-refractivity contribution in [1.29, 1.82) is 5.41 Å². The summed E-state index contributed by atoms with van der Waals surface area (Å²) in [6.45, 7) is 4.62. The SMILES string of the molecule is COC(=O)N(CCCCN1C(=N)NC(CCC(C)C)(c2ccccc2)C1=O)C(=O)[C@@H](N)Cc1ccccc1. The van der Waals surface area contributed by atoms with Crippen molar-refractivity contribution in [3.63, 3.8) is 0 Å². The van der Waals surface area contributed by atoms with Crippen molar-refractivity contribution in [2.24, 2.45) is 11.7 Å². The molecule has 4 N–H and O–H groups in total. The number of guanidine groups is 1. The van der Waals surface area contributed by atoms with E-state index in [2.05, 4.69) is 19.2 Å². The van der Waals surface area contributed by atoms with Gasteiger partial charge in [0.15, 0.2) is 5.96 Å². The summed E-state index contributed by atoms with van der Waals surface area (Å²) in [6, 6.07) is 18.0. The van der Waals surface area contributed by atoms with E-state index in [-0.39, 0.29) is 18.4 Å². The molecule has 0 bridgehead atoms. The maximum absolute atomic E-state index is 13.7. The Morgan fingerprint density at radius 2 is 1.71 bits per heavy atom. The number of imide groups is 1. The van der Waals surface area contributed by atoms with Gasteiger partial charge in [-0.15, -0.1) is 0 Å². The van der Waals surface area contributed by atoms with E-state index in [9.17, 15) is 14.4 Å². The molecule has 0 aromatic heterocycles. The zero-order chi connectivity index (χ0) is 27.7. The van der Waals surface area contributed by atoms with Crippen LogP contribution in [0.3, 0.4) is 0 Å². The highest BCUT2D eigenvalue weighted by Crippen LogP contribution is 2.34. The van der Waals surface area contributed by atoms with Gasteiger partial charge in [0.05, 0.1) is 13.2 Å². The van der Waals surface area contributed by atoms with Gasteiger partial charge in [-0.1, -0.05) is 74.5 Å². The lowest BCUT2D eigenvalue weighted by Gasteiger charge is -2.28. The number of methoxy groups -OCH3 is 1. The Morgan fingerprint density at radius 1 is 1.08 bits per heavy atom. The number of hydrogen-bond donors (Lipinski definition) is 3. The summed E-state index contributed by atoms with van der Waals surface area (Å²) in [6.07, 6.45) is 1.86. The Morgan fingerprint density at radius 3 is 2.32 bits per heavy atom. The highest BCUT2D eigenvalue weighted by atomic mass is 16.5. The molecule has 9 heteroatoms. The van der Waals surface area contributed by atoms with Crippen LogP contribution in [0.5, 0.6) is 0 Å². The number of nitrogens with one attached hydrogen (secondary N) is 2. The molecule has 3 rings (SSSR count). The largest absolute Gasteiger partial charge is 0.452 e. The van der Waals surface area contributed by atoms with E-state index in [4.69, 9.17) is 15.9 Å². The van der Waals surface area contributed by atoms with Crippen molar-refractivity contribution >= 4 is 23.9 Å². The molecule has 1 unspecified atom stereocenters. The van der Waals surface area contributed by atoms with Crippen molar-refractivity contribution in [1.82, 2.24) is 15.1 Å². The van der Waals surface area contributed by atoms with Crippen LogP contribution in [0, 0.1) is 11.3 Å². The van der Waals surface area contributed by atoms with Crippen LogP contribution >= 0.6 is 0 Å². The van der Waals surface area contributed by atoms with Gasteiger partial charge in [0.1, 0.15) is 5.54 Å². The quantitative estimate of drug-likeness (QED) is 0.366. The van der Waals surface area contributed by atoms with E-state index < -0.39 is 23.6 Å². The van der Waals surface area contributed by atoms with E-state index >= 15 is 0 Å². The minimum Gasteiger partial charge on any atom is -0.452 e. The third-order valence-electron chi connectivity index (χ3n) is 6.87. The molecule has 204 valence electrons. The minimum absolute atomic E-state index is 0.0633. The van der Waals surface area contributed by atoms with Crippen LogP contribution in [0.1, 0.15) is 50.7 Å². The van der Waals surface area contributed by atoms with Crippen LogP contribution in [-0.4, -0.2) is 59.9 Å². The molecule has 0 spiro atoms. The number of unbranched alkanes of at least 4 members (excludes halogenated alkanes) is 1. The number of carbonyl (C=O) groups is 3. The van der Waals surface area contributed by atoms with E-state index in [1.807, 2.05) is 60.7 Å². The molecule has 0 aliphatic carbocycles. The Balaban J connectivity index is 1.63. The molecule has 1 fully saturated rings. The third kappa shape index (κ3) is 6.77. The molecule has 2 aromatic rings. The molecule has 0 radical (unpaired) electrons. The number of amides is 3. The van der Waals surface area contributed by atoms with Gasteiger partial charge in [-0.3, -0.25) is 19.9 Å². The molecule has 2 aromatic carbocycles. The average molecular weight is 522 g/mol. The second-order valence-corrected chi connectivity index (χ2v) is 10.1. The third-order valence-corrected chi connectivity index (χ3v) is 6.87. The summed E-state index contributed by atoms with van der Waals surface area (Å²) in [5.74, 6) is -0.193. The number of hydrogen-bond acceptors (Lipinski definition) is 6. The lowest BCUT2D eigenvalue weighted by molar-refractivity contribution is -0.132. The lowest BCUT2D eigenvalue weighted by atomic mass is 9.83. The number of nitrogens with zero attached hydrogens (tertiary/aromatic N) is 2. The zero-order valence-corrected chi connectivity index (χ0v) is 22.5. The summed E-state index contributed by atoms with van der Waals surface area (Å²) in [5, 5.41) is 11.7. The lowest BCUT2D eigenvalue weighted by Crippen LogP contribution is -2.48. The first-order valence-corrected chi connectivity index (χ1v) is 13.1. The van der Waals surface area contributed by atoms with E-state index in [1.165, 1.54) is 12.0 Å². The van der Waals surface area contributed by atoms with Crippen molar-refractivity contribution in [2.75, 3.05) is 20.2 Å². The maximum atomic E-state index is 13.7. The Labute approximate surface area is 224 Å². The second kappa shape index (κ2) is 13.2. The fraction of sp³-hybridized carbons (Fsp3) is 0.448. The smallest absolute Gasteiger partial charge is 0.416 e. The number of benzene rings is 2. The molecular formula is C29H39N5O4. The van der Waals surface area contributed by atoms with Crippen LogP contribution in [0.2, 0.25) is 0 Å². The summed E-state index contributed by atoms with van der Waals surface area (Å²) >= 11 is 0. The molecule has 38 heavy (non-hydrogen) atoms. The Hall–Kier alpha value is -3.72. The Bertz CT molecular complexity index is 1110. The highest BCUT2D eigenvalue weighted by molar-refractivity contribution is 6.08. The molecular weight excluding hydrogens is 482 g/mol.